The fourth-order valence-electron chi connectivity index (χ4n) is 7.19. The summed E-state index contributed by atoms with van der Waals surface area (Å²) in [5.74, 6) is 2.13. The number of hydrogen-bond donors (Lipinski definition) is 1. The first-order valence-corrected chi connectivity index (χ1v) is 10.6. The van der Waals surface area contributed by atoms with Crippen LogP contribution in [0, 0.1) is 28.6 Å². The van der Waals surface area contributed by atoms with E-state index < -0.39 is 0 Å². The minimum atomic E-state index is -0.139. The average Bonchev–Trinajstić information content (AvgIpc) is 3.25. The molecule has 1 aromatic rings. The van der Waals surface area contributed by atoms with E-state index in [1.807, 2.05) is 12.5 Å². The quantitative estimate of drug-likeness (QED) is 0.781. The summed E-state index contributed by atoms with van der Waals surface area (Å²) in [4.78, 5) is 4.22. The predicted octanol–water partition coefficient (Wildman–Crippen LogP) is 4.74. The summed E-state index contributed by atoms with van der Waals surface area (Å²) in [5, 5.41) is 11.0. The highest BCUT2D eigenvalue weighted by molar-refractivity contribution is 5.30. The second kappa shape index (κ2) is 5.82. The maximum atomic E-state index is 11.0. The first-order chi connectivity index (χ1) is 12.5. The second-order valence-corrected chi connectivity index (χ2v) is 9.69. The van der Waals surface area contributed by atoms with Crippen molar-refractivity contribution >= 4 is 0 Å². The van der Waals surface area contributed by atoms with Crippen molar-refractivity contribution in [2.75, 3.05) is 0 Å². The molecule has 6 atom stereocenters. The Hall–Kier alpha value is -1.35. The minimum Gasteiger partial charge on any atom is -0.392 e. The normalized spacial score (nSPS) is 44.6. The Kier molecular flexibility index (Phi) is 3.76. The summed E-state index contributed by atoms with van der Waals surface area (Å²) in [6.45, 7) is 5.89. The highest BCUT2D eigenvalue weighted by atomic mass is 16.3. The standard InChI is InChI=1S/C23H32N2O/c1-22-11-10-20-18(8-6-16-4-3-5-21(26)23(16,20)2)19(22)9-7-17(22)14-25-13-12-24-15-25/h6-7,12-13,15,18-21,26H,3-5,8-11,14H2,1-2H3/t18-,19-,20-,21?,22+,23-/m0/s1. The molecular formula is C23H32N2O. The zero-order chi connectivity index (χ0) is 17.9. The SMILES string of the molecule is C[C@]12CC[C@H]3[C@@H](CC=C4CCCC(O)[C@@]43C)[C@@H]1CC=C2Cn1ccnc1. The van der Waals surface area contributed by atoms with Gasteiger partial charge in [-0.25, -0.2) is 4.98 Å². The van der Waals surface area contributed by atoms with Crippen LogP contribution in [0.4, 0.5) is 0 Å². The Morgan fingerprint density at radius 2 is 2.08 bits per heavy atom. The van der Waals surface area contributed by atoms with Gasteiger partial charge in [-0.15, -0.1) is 0 Å². The summed E-state index contributed by atoms with van der Waals surface area (Å²) in [6, 6.07) is 0. The third kappa shape index (κ3) is 2.19. The topological polar surface area (TPSA) is 38.0 Å². The molecule has 1 N–H and O–H groups in total. The summed E-state index contributed by atoms with van der Waals surface area (Å²) in [5.41, 5.74) is 3.55. The number of allylic oxidation sites excluding steroid dienone is 3. The Morgan fingerprint density at radius 1 is 1.19 bits per heavy atom. The van der Waals surface area contributed by atoms with Gasteiger partial charge in [0.2, 0.25) is 0 Å². The van der Waals surface area contributed by atoms with Crippen LogP contribution in [-0.2, 0) is 6.54 Å². The smallest absolute Gasteiger partial charge is 0.0948 e. The molecule has 4 aliphatic rings. The number of rotatable bonds is 2. The molecule has 1 aromatic heterocycles. The van der Waals surface area contributed by atoms with Crippen LogP contribution in [0.3, 0.4) is 0 Å². The molecule has 1 unspecified atom stereocenters. The van der Waals surface area contributed by atoms with Gasteiger partial charge in [-0.2, -0.15) is 0 Å². The molecule has 26 heavy (non-hydrogen) atoms. The maximum Gasteiger partial charge on any atom is 0.0948 e. The molecule has 0 amide bonds. The number of imidazole rings is 1. The largest absolute Gasteiger partial charge is 0.392 e. The molecule has 1 heterocycles. The first kappa shape index (κ1) is 16.8. The second-order valence-electron chi connectivity index (χ2n) is 9.69. The number of nitrogens with zero attached hydrogens (tertiary/aromatic N) is 2. The van der Waals surface area contributed by atoms with Crippen molar-refractivity contribution in [2.45, 2.75) is 71.4 Å². The van der Waals surface area contributed by atoms with Crippen LogP contribution >= 0.6 is 0 Å². The van der Waals surface area contributed by atoms with Crippen LogP contribution in [0.25, 0.3) is 0 Å². The van der Waals surface area contributed by atoms with Gasteiger partial charge < -0.3 is 9.67 Å². The third-order valence-corrected chi connectivity index (χ3v) is 8.81. The van der Waals surface area contributed by atoms with E-state index >= 15 is 0 Å². The number of hydrogen-bond acceptors (Lipinski definition) is 2. The molecular weight excluding hydrogens is 320 g/mol. The van der Waals surface area contributed by atoms with E-state index in [4.69, 9.17) is 0 Å². The zero-order valence-corrected chi connectivity index (χ0v) is 16.2. The van der Waals surface area contributed by atoms with Gasteiger partial charge in [0, 0.05) is 24.4 Å². The first-order valence-electron chi connectivity index (χ1n) is 10.6. The van der Waals surface area contributed by atoms with Crippen LogP contribution < -0.4 is 0 Å². The number of aliphatic hydroxyl groups is 1. The number of fused-ring (bicyclic) bond motifs is 5. The van der Waals surface area contributed by atoms with Gasteiger partial charge in [0.25, 0.3) is 0 Å². The lowest BCUT2D eigenvalue weighted by Crippen LogP contribution is -2.53. The lowest BCUT2D eigenvalue weighted by molar-refractivity contribution is -0.0781. The van der Waals surface area contributed by atoms with Crippen molar-refractivity contribution in [3.63, 3.8) is 0 Å². The van der Waals surface area contributed by atoms with E-state index in [2.05, 4.69) is 41.7 Å². The Morgan fingerprint density at radius 3 is 2.88 bits per heavy atom. The van der Waals surface area contributed by atoms with E-state index in [0.717, 1.165) is 31.2 Å². The van der Waals surface area contributed by atoms with Crippen molar-refractivity contribution in [1.82, 2.24) is 9.55 Å². The van der Waals surface area contributed by atoms with Gasteiger partial charge in [-0.05, 0) is 73.7 Å². The van der Waals surface area contributed by atoms with Crippen LogP contribution in [-0.4, -0.2) is 20.8 Å². The molecule has 3 nitrogen and oxygen atoms in total. The average molecular weight is 353 g/mol. The predicted molar refractivity (Wildman–Crippen MR) is 103 cm³/mol. The summed E-state index contributed by atoms with van der Waals surface area (Å²) in [6.07, 6.45) is 19.2. The zero-order valence-electron chi connectivity index (χ0n) is 16.2. The summed E-state index contributed by atoms with van der Waals surface area (Å²) in [7, 11) is 0. The fraction of sp³-hybridized carbons (Fsp3) is 0.696. The van der Waals surface area contributed by atoms with Crippen molar-refractivity contribution in [3.05, 3.63) is 42.0 Å². The molecule has 140 valence electrons. The minimum absolute atomic E-state index is 0.0373. The fourth-order valence-corrected chi connectivity index (χ4v) is 7.19. The highest BCUT2D eigenvalue weighted by Gasteiger charge is 2.58. The molecule has 2 fully saturated rings. The van der Waals surface area contributed by atoms with E-state index in [1.54, 1.807) is 11.1 Å². The van der Waals surface area contributed by atoms with Crippen LogP contribution in [0.1, 0.15) is 58.8 Å². The molecule has 2 saturated carbocycles. The maximum absolute atomic E-state index is 11.0. The molecule has 0 aromatic carbocycles. The number of aromatic nitrogens is 2. The molecule has 3 heteroatoms. The van der Waals surface area contributed by atoms with E-state index in [0.29, 0.717) is 11.3 Å². The molecule has 0 bridgehead atoms. The van der Waals surface area contributed by atoms with Crippen molar-refractivity contribution in [2.24, 2.45) is 28.6 Å². The lowest BCUT2D eigenvalue weighted by Gasteiger charge is -2.58. The molecule has 0 spiro atoms. The summed E-state index contributed by atoms with van der Waals surface area (Å²) < 4.78 is 2.22. The van der Waals surface area contributed by atoms with Crippen LogP contribution in [0.15, 0.2) is 42.0 Å². The van der Waals surface area contributed by atoms with E-state index in [-0.39, 0.29) is 11.5 Å². The van der Waals surface area contributed by atoms with Gasteiger partial charge in [-0.1, -0.05) is 31.6 Å². The molecule has 0 saturated heterocycles. The third-order valence-electron chi connectivity index (χ3n) is 8.81. The van der Waals surface area contributed by atoms with E-state index in [1.165, 1.54) is 32.1 Å². The van der Waals surface area contributed by atoms with Crippen LogP contribution in [0.5, 0.6) is 0 Å². The van der Waals surface area contributed by atoms with Crippen molar-refractivity contribution in [1.29, 1.82) is 0 Å². The van der Waals surface area contributed by atoms with Gasteiger partial charge in [0.15, 0.2) is 0 Å². The van der Waals surface area contributed by atoms with Gasteiger partial charge in [0.05, 0.1) is 12.4 Å². The Balaban J connectivity index is 1.44. The van der Waals surface area contributed by atoms with Crippen LogP contribution in [0.2, 0.25) is 0 Å². The monoisotopic (exact) mass is 352 g/mol. The molecule has 0 aliphatic heterocycles. The van der Waals surface area contributed by atoms with Gasteiger partial charge in [0.1, 0.15) is 0 Å². The molecule has 0 radical (unpaired) electrons. The van der Waals surface area contributed by atoms with Crippen molar-refractivity contribution in [3.8, 4) is 0 Å². The summed E-state index contributed by atoms with van der Waals surface area (Å²) >= 11 is 0. The number of aliphatic hydroxyl groups excluding tert-OH is 1. The lowest BCUT2D eigenvalue weighted by atomic mass is 9.47. The van der Waals surface area contributed by atoms with E-state index in [9.17, 15) is 5.11 Å². The van der Waals surface area contributed by atoms with Gasteiger partial charge >= 0.3 is 0 Å². The van der Waals surface area contributed by atoms with Crippen molar-refractivity contribution < 1.29 is 5.11 Å². The Bertz CT molecular complexity index is 748. The highest BCUT2D eigenvalue weighted by Crippen LogP contribution is 2.65. The van der Waals surface area contributed by atoms with Gasteiger partial charge in [-0.3, -0.25) is 0 Å². The molecule has 5 rings (SSSR count). The Labute approximate surface area is 157 Å². The molecule has 4 aliphatic carbocycles.